The van der Waals surface area contributed by atoms with Crippen molar-refractivity contribution in [1.29, 1.82) is 0 Å². The lowest BCUT2D eigenvalue weighted by atomic mass is 9.90. The van der Waals surface area contributed by atoms with Crippen LogP contribution in [-0.4, -0.2) is 72.2 Å². The van der Waals surface area contributed by atoms with Crippen LogP contribution in [0.15, 0.2) is 0 Å². The van der Waals surface area contributed by atoms with E-state index in [1.807, 2.05) is 23.6 Å². The minimum atomic E-state index is -0.264. The summed E-state index contributed by atoms with van der Waals surface area (Å²) in [7, 11) is 0. The fourth-order valence-electron chi connectivity index (χ4n) is 4.26. The van der Waals surface area contributed by atoms with Crippen LogP contribution in [-0.2, 0) is 19.1 Å². The molecule has 1 aliphatic carbocycles. The molecule has 0 unspecified atom stereocenters. The molecular formula is C18H30N2O4. The van der Waals surface area contributed by atoms with Gasteiger partial charge in [-0.05, 0) is 46.1 Å². The number of carbonyl (C=O) groups excluding carboxylic acids is 2. The van der Waals surface area contributed by atoms with Crippen molar-refractivity contribution in [1.82, 2.24) is 9.80 Å². The second-order valence-corrected chi connectivity index (χ2v) is 7.46. The van der Waals surface area contributed by atoms with Crippen LogP contribution in [0.4, 0.5) is 0 Å². The second kappa shape index (κ2) is 7.83. The zero-order valence-electron chi connectivity index (χ0n) is 14.9. The number of morpholine rings is 1. The molecule has 3 atom stereocenters. The maximum absolute atomic E-state index is 12.9. The first-order valence-corrected chi connectivity index (χ1v) is 9.42. The van der Waals surface area contributed by atoms with Gasteiger partial charge in [-0.3, -0.25) is 14.5 Å². The van der Waals surface area contributed by atoms with Gasteiger partial charge in [0.25, 0.3) is 0 Å². The standard InChI is InChI=1S/C18H30N2O4/c1-13(2)24-18(22)15-7-5-9-19(15)12-17(21)20-10-11-23-16-8-4-3-6-14(16)20/h13-16H,3-12H2,1-2H3/t14-,15+,16-/m1/s1. The Bertz CT molecular complexity index is 466. The van der Waals surface area contributed by atoms with E-state index in [1.165, 1.54) is 12.8 Å². The molecular weight excluding hydrogens is 308 g/mol. The van der Waals surface area contributed by atoms with Crippen LogP contribution in [0.25, 0.3) is 0 Å². The highest BCUT2D eigenvalue weighted by Crippen LogP contribution is 2.29. The zero-order chi connectivity index (χ0) is 17.1. The molecule has 6 nitrogen and oxygen atoms in total. The molecule has 0 aromatic carbocycles. The van der Waals surface area contributed by atoms with Gasteiger partial charge in [-0.2, -0.15) is 0 Å². The van der Waals surface area contributed by atoms with Gasteiger partial charge in [-0.25, -0.2) is 0 Å². The van der Waals surface area contributed by atoms with E-state index in [9.17, 15) is 9.59 Å². The molecule has 24 heavy (non-hydrogen) atoms. The van der Waals surface area contributed by atoms with E-state index >= 15 is 0 Å². The third-order valence-corrected chi connectivity index (χ3v) is 5.38. The summed E-state index contributed by atoms with van der Waals surface area (Å²) in [4.78, 5) is 29.1. The number of likely N-dealkylation sites (tertiary alicyclic amines) is 1. The Hall–Kier alpha value is -1.14. The molecule has 6 heteroatoms. The predicted octanol–water partition coefficient (Wildman–Crippen LogP) is 1.57. The van der Waals surface area contributed by atoms with Gasteiger partial charge < -0.3 is 14.4 Å². The first-order chi connectivity index (χ1) is 11.6. The average Bonchev–Trinajstić information content (AvgIpc) is 3.02. The first-order valence-electron chi connectivity index (χ1n) is 9.42. The maximum atomic E-state index is 12.9. The summed E-state index contributed by atoms with van der Waals surface area (Å²) in [5, 5.41) is 0. The van der Waals surface area contributed by atoms with Crippen molar-refractivity contribution in [2.75, 3.05) is 26.2 Å². The van der Waals surface area contributed by atoms with Crippen LogP contribution in [0.2, 0.25) is 0 Å². The summed E-state index contributed by atoms with van der Waals surface area (Å²) in [5.74, 6) is -0.0488. The largest absolute Gasteiger partial charge is 0.462 e. The Labute approximate surface area is 144 Å². The number of rotatable bonds is 4. The van der Waals surface area contributed by atoms with E-state index in [0.29, 0.717) is 19.7 Å². The lowest BCUT2D eigenvalue weighted by Crippen LogP contribution is -2.57. The van der Waals surface area contributed by atoms with Crippen molar-refractivity contribution in [3.05, 3.63) is 0 Å². The normalized spacial score (nSPS) is 31.1. The molecule has 0 radical (unpaired) electrons. The van der Waals surface area contributed by atoms with Crippen molar-refractivity contribution in [3.63, 3.8) is 0 Å². The highest BCUT2D eigenvalue weighted by Gasteiger charge is 2.39. The van der Waals surface area contributed by atoms with Crippen molar-refractivity contribution in [3.8, 4) is 0 Å². The lowest BCUT2D eigenvalue weighted by Gasteiger charge is -2.44. The Kier molecular flexibility index (Phi) is 5.76. The number of ether oxygens (including phenoxy) is 2. The fourth-order valence-corrected chi connectivity index (χ4v) is 4.26. The summed E-state index contributed by atoms with van der Waals surface area (Å²) < 4.78 is 11.2. The van der Waals surface area contributed by atoms with Crippen molar-refractivity contribution in [2.45, 2.75) is 76.7 Å². The molecule has 3 aliphatic rings. The predicted molar refractivity (Wildman–Crippen MR) is 89.5 cm³/mol. The highest BCUT2D eigenvalue weighted by molar-refractivity contribution is 5.81. The Morgan fingerprint density at radius 3 is 2.71 bits per heavy atom. The Morgan fingerprint density at radius 2 is 1.92 bits per heavy atom. The van der Waals surface area contributed by atoms with E-state index in [-0.39, 0.29) is 36.2 Å². The number of carbonyl (C=O) groups is 2. The molecule has 2 aliphatic heterocycles. The van der Waals surface area contributed by atoms with Crippen molar-refractivity contribution >= 4 is 11.9 Å². The maximum Gasteiger partial charge on any atom is 0.323 e. The Morgan fingerprint density at radius 1 is 1.12 bits per heavy atom. The lowest BCUT2D eigenvalue weighted by molar-refractivity contribution is -0.156. The molecule has 0 spiro atoms. The Balaban J connectivity index is 1.59. The van der Waals surface area contributed by atoms with Gasteiger partial charge in [0.15, 0.2) is 0 Å². The summed E-state index contributed by atoms with van der Waals surface area (Å²) in [6.45, 7) is 6.14. The van der Waals surface area contributed by atoms with Crippen LogP contribution in [0.1, 0.15) is 52.4 Å². The quantitative estimate of drug-likeness (QED) is 0.728. The van der Waals surface area contributed by atoms with Gasteiger partial charge in [0.05, 0.1) is 31.4 Å². The van der Waals surface area contributed by atoms with Crippen molar-refractivity contribution in [2.24, 2.45) is 0 Å². The zero-order valence-corrected chi connectivity index (χ0v) is 14.9. The van der Waals surface area contributed by atoms with Gasteiger partial charge in [-0.1, -0.05) is 12.8 Å². The molecule has 0 bridgehead atoms. The fraction of sp³-hybridized carbons (Fsp3) is 0.889. The van der Waals surface area contributed by atoms with Gasteiger partial charge in [0.2, 0.25) is 5.91 Å². The number of esters is 1. The first kappa shape index (κ1) is 17.7. The van der Waals surface area contributed by atoms with Crippen LogP contribution < -0.4 is 0 Å². The number of fused-ring (bicyclic) bond motifs is 1. The van der Waals surface area contributed by atoms with Gasteiger partial charge in [0.1, 0.15) is 6.04 Å². The van der Waals surface area contributed by atoms with E-state index in [4.69, 9.17) is 9.47 Å². The smallest absolute Gasteiger partial charge is 0.323 e. The van der Waals surface area contributed by atoms with Gasteiger partial charge >= 0.3 is 5.97 Å². The molecule has 1 saturated carbocycles. The number of hydrogen-bond donors (Lipinski definition) is 0. The molecule has 0 N–H and O–H groups in total. The minimum absolute atomic E-state index is 0.113. The molecule has 0 aromatic rings. The van der Waals surface area contributed by atoms with E-state index in [1.54, 1.807) is 0 Å². The third kappa shape index (κ3) is 3.91. The summed E-state index contributed by atoms with van der Waals surface area (Å²) >= 11 is 0. The molecule has 3 fully saturated rings. The molecule has 136 valence electrons. The van der Waals surface area contributed by atoms with Crippen LogP contribution in [0.3, 0.4) is 0 Å². The van der Waals surface area contributed by atoms with Crippen LogP contribution in [0, 0.1) is 0 Å². The number of amides is 1. The SMILES string of the molecule is CC(C)OC(=O)[C@@H]1CCCN1CC(=O)N1CCO[C@@H]2CCCC[C@H]21. The minimum Gasteiger partial charge on any atom is -0.462 e. The summed E-state index contributed by atoms with van der Waals surface area (Å²) in [6, 6.07) is -0.0387. The summed E-state index contributed by atoms with van der Waals surface area (Å²) in [5.41, 5.74) is 0. The molecule has 2 saturated heterocycles. The van der Waals surface area contributed by atoms with Crippen molar-refractivity contribution < 1.29 is 19.1 Å². The van der Waals surface area contributed by atoms with Crippen LogP contribution >= 0.6 is 0 Å². The second-order valence-electron chi connectivity index (χ2n) is 7.46. The monoisotopic (exact) mass is 338 g/mol. The average molecular weight is 338 g/mol. The van der Waals surface area contributed by atoms with E-state index < -0.39 is 0 Å². The number of hydrogen-bond acceptors (Lipinski definition) is 5. The molecule has 0 aromatic heterocycles. The number of nitrogens with zero attached hydrogens (tertiary/aromatic N) is 2. The molecule has 1 amide bonds. The molecule has 2 heterocycles. The summed E-state index contributed by atoms with van der Waals surface area (Å²) in [6.07, 6.45) is 6.28. The van der Waals surface area contributed by atoms with E-state index in [2.05, 4.69) is 0 Å². The van der Waals surface area contributed by atoms with Gasteiger partial charge in [0, 0.05) is 6.54 Å². The van der Waals surface area contributed by atoms with E-state index in [0.717, 1.165) is 32.2 Å². The highest BCUT2D eigenvalue weighted by atomic mass is 16.5. The van der Waals surface area contributed by atoms with Gasteiger partial charge in [-0.15, -0.1) is 0 Å². The third-order valence-electron chi connectivity index (χ3n) is 5.38. The topological polar surface area (TPSA) is 59.1 Å². The van der Waals surface area contributed by atoms with Crippen LogP contribution in [0.5, 0.6) is 0 Å². The molecule has 3 rings (SSSR count).